The third-order valence-electron chi connectivity index (χ3n) is 5.20. The molecule has 4 N–H and O–H groups in total. The number of pyridine rings is 1. The van der Waals surface area contributed by atoms with E-state index in [2.05, 4.69) is 31.3 Å². The third kappa shape index (κ3) is 5.29. The molecule has 0 spiro atoms. The van der Waals surface area contributed by atoms with Gasteiger partial charge in [0.15, 0.2) is 5.69 Å². The molecule has 0 fully saturated rings. The zero-order chi connectivity index (χ0) is 25.2. The van der Waals surface area contributed by atoms with Crippen LogP contribution in [0, 0.1) is 0 Å². The molecule has 3 aromatic rings. The molecule has 12 heteroatoms. The lowest BCUT2D eigenvalue weighted by atomic mass is 10.1. The number of benzene rings is 1. The number of fused-ring (bicyclic) bond motifs is 1. The molecule has 3 rings (SSSR count). The quantitative estimate of drug-likeness (QED) is 0.374. The summed E-state index contributed by atoms with van der Waals surface area (Å²) in [6, 6.07) is 8.04. The van der Waals surface area contributed by atoms with Crippen LogP contribution in [0.2, 0.25) is 0 Å². The van der Waals surface area contributed by atoms with Crippen molar-refractivity contribution in [3.63, 3.8) is 0 Å². The topological polar surface area (TPSA) is 161 Å². The number of anilines is 1. The summed E-state index contributed by atoms with van der Waals surface area (Å²) in [7, 11) is 0. The largest absolute Gasteiger partial charge is 0.478 e. The average Bonchev–Trinajstić information content (AvgIpc) is 3.15. The monoisotopic (exact) mass is 530 g/mol. The van der Waals surface area contributed by atoms with E-state index in [4.69, 9.17) is 5.73 Å². The molecular weight excluding hydrogens is 508 g/mol. The molecule has 11 nitrogen and oxygen atoms in total. The number of aromatic nitrogens is 3. The van der Waals surface area contributed by atoms with Gasteiger partial charge in [-0.25, -0.2) is 9.78 Å². The SMILES string of the molecule is CC(C)N(CC(=O)Nc1cccc(Br)n1)C(C)C(=O)n1nc(C(N)=O)c2cc(C(=O)O)ccc21. The number of hydrogen-bond donors (Lipinski definition) is 3. The summed E-state index contributed by atoms with van der Waals surface area (Å²) < 4.78 is 1.59. The molecule has 0 saturated carbocycles. The van der Waals surface area contributed by atoms with Crippen LogP contribution in [-0.2, 0) is 4.79 Å². The highest BCUT2D eigenvalue weighted by Gasteiger charge is 2.30. The Morgan fingerprint density at radius 1 is 1.18 bits per heavy atom. The number of carboxylic acid groups (broad SMARTS) is 1. The van der Waals surface area contributed by atoms with Crippen LogP contribution in [-0.4, -0.2) is 67.1 Å². The summed E-state index contributed by atoms with van der Waals surface area (Å²) in [6.45, 7) is 5.19. The summed E-state index contributed by atoms with van der Waals surface area (Å²) >= 11 is 3.25. The Balaban J connectivity index is 1.90. The van der Waals surface area contributed by atoms with Gasteiger partial charge in [-0.1, -0.05) is 6.07 Å². The second-order valence-electron chi connectivity index (χ2n) is 7.84. The highest BCUT2D eigenvalue weighted by molar-refractivity contribution is 9.10. The Morgan fingerprint density at radius 3 is 2.47 bits per heavy atom. The van der Waals surface area contributed by atoms with Crippen molar-refractivity contribution in [1.82, 2.24) is 19.7 Å². The number of nitrogens with zero attached hydrogens (tertiary/aromatic N) is 4. The molecule has 178 valence electrons. The lowest BCUT2D eigenvalue weighted by Gasteiger charge is -2.30. The van der Waals surface area contributed by atoms with Gasteiger partial charge >= 0.3 is 5.97 Å². The van der Waals surface area contributed by atoms with E-state index < -0.39 is 23.8 Å². The fourth-order valence-electron chi connectivity index (χ4n) is 3.51. The zero-order valence-electron chi connectivity index (χ0n) is 18.7. The maximum Gasteiger partial charge on any atom is 0.335 e. The van der Waals surface area contributed by atoms with Crippen LogP contribution in [0.3, 0.4) is 0 Å². The van der Waals surface area contributed by atoms with Gasteiger partial charge in [-0.05, 0) is 67.0 Å². The van der Waals surface area contributed by atoms with Gasteiger partial charge in [0.05, 0.1) is 23.7 Å². The van der Waals surface area contributed by atoms with Crippen molar-refractivity contribution in [2.45, 2.75) is 32.9 Å². The number of halogens is 1. The summed E-state index contributed by atoms with van der Waals surface area (Å²) in [4.78, 5) is 55.1. The number of hydrogen-bond acceptors (Lipinski definition) is 7. The first-order valence-corrected chi connectivity index (χ1v) is 11.1. The number of primary amides is 1. The minimum absolute atomic E-state index is 0.0725. The number of nitrogens with one attached hydrogen (secondary N) is 1. The zero-order valence-corrected chi connectivity index (χ0v) is 20.2. The maximum atomic E-state index is 13.4. The number of rotatable bonds is 8. The molecular formula is C22H23BrN6O5. The smallest absolute Gasteiger partial charge is 0.335 e. The molecule has 0 aliphatic heterocycles. The highest BCUT2D eigenvalue weighted by Crippen LogP contribution is 2.22. The molecule has 0 aliphatic rings. The van der Waals surface area contributed by atoms with Gasteiger partial charge in [-0.15, -0.1) is 0 Å². The Labute approximate surface area is 203 Å². The normalized spacial score (nSPS) is 12.2. The Kier molecular flexibility index (Phi) is 7.42. The number of aromatic carboxylic acids is 1. The van der Waals surface area contributed by atoms with Crippen molar-refractivity contribution in [2.24, 2.45) is 5.73 Å². The van der Waals surface area contributed by atoms with E-state index in [0.717, 1.165) is 4.68 Å². The van der Waals surface area contributed by atoms with Crippen molar-refractivity contribution in [2.75, 3.05) is 11.9 Å². The fraction of sp³-hybridized carbons (Fsp3) is 0.273. The van der Waals surface area contributed by atoms with Crippen LogP contribution in [0.15, 0.2) is 41.0 Å². The van der Waals surface area contributed by atoms with Gasteiger partial charge in [-0.2, -0.15) is 9.78 Å². The van der Waals surface area contributed by atoms with Gasteiger partial charge in [0, 0.05) is 11.4 Å². The molecule has 0 aliphatic carbocycles. The third-order valence-corrected chi connectivity index (χ3v) is 5.64. The van der Waals surface area contributed by atoms with Crippen molar-refractivity contribution in [3.8, 4) is 0 Å². The molecule has 1 aromatic carbocycles. The Bertz CT molecular complexity index is 1290. The number of amides is 2. The van der Waals surface area contributed by atoms with E-state index in [1.54, 1.807) is 30.0 Å². The second-order valence-corrected chi connectivity index (χ2v) is 8.65. The summed E-state index contributed by atoms with van der Waals surface area (Å²) in [5, 5.41) is 16.2. The van der Waals surface area contributed by atoms with Gasteiger partial charge < -0.3 is 16.2 Å². The Hall–Kier alpha value is -3.64. The lowest BCUT2D eigenvalue weighted by molar-refractivity contribution is -0.118. The van der Waals surface area contributed by atoms with E-state index in [0.29, 0.717) is 10.4 Å². The number of carbonyl (C=O) groups is 4. The van der Waals surface area contributed by atoms with Gasteiger partial charge in [-0.3, -0.25) is 19.3 Å². The Morgan fingerprint density at radius 2 is 1.88 bits per heavy atom. The number of nitrogens with two attached hydrogens (primary N) is 1. The van der Waals surface area contributed by atoms with Crippen LogP contribution in [0.1, 0.15) is 46.4 Å². The molecule has 34 heavy (non-hydrogen) atoms. The molecule has 2 aromatic heterocycles. The standard InChI is InChI=1S/C22H23BrN6O5/c1-11(2)28(10-18(30)26-17-6-4-5-16(23)25-17)12(3)21(32)29-15-8-7-13(22(33)34)9-14(15)19(27-29)20(24)31/h4-9,11-12H,10H2,1-3H3,(H2,24,31)(H,33,34)(H,25,26,30). The van der Waals surface area contributed by atoms with Gasteiger partial charge in [0.25, 0.3) is 11.8 Å². The lowest BCUT2D eigenvalue weighted by Crippen LogP contribution is -2.48. The van der Waals surface area contributed by atoms with Crippen LogP contribution >= 0.6 is 15.9 Å². The minimum Gasteiger partial charge on any atom is -0.478 e. The maximum absolute atomic E-state index is 13.4. The minimum atomic E-state index is -1.19. The van der Waals surface area contributed by atoms with E-state index in [9.17, 15) is 24.3 Å². The highest BCUT2D eigenvalue weighted by atomic mass is 79.9. The average molecular weight is 531 g/mol. The molecule has 0 bridgehead atoms. The van der Waals surface area contributed by atoms with Crippen LogP contribution in [0.25, 0.3) is 10.9 Å². The summed E-state index contributed by atoms with van der Waals surface area (Å²) in [5.41, 5.74) is 5.36. The first-order chi connectivity index (χ1) is 16.0. The van der Waals surface area contributed by atoms with Crippen molar-refractivity contribution in [3.05, 3.63) is 52.3 Å². The van der Waals surface area contributed by atoms with Crippen LogP contribution in [0.5, 0.6) is 0 Å². The summed E-state index contributed by atoms with van der Waals surface area (Å²) in [6.07, 6.45) is 0. The number of carboxylic acids is 1. The predicted molar refractivity (Wildman–Crippen MR) is 128 cm³/mol. The first kappa shape index (κ1) is 25.0. The molecule has 2 heterocycles. The van der Waals surface area contributed by atoms with Gasteiger partial charge in [0.1, 0.15) is 10.4 Å². The molecule has 0 radical (unpaired) electrons. The molecule has 1 unspecified atom stereocenters. The molecule has 1 atom stereocenters. The van der Waals surface area contributed by atoms with E-state index in [-0.39, 0.29) is 40.7 Å². The van der Waals surface area contributed by atoms with E-state index in [1.165, 1.54) is 18.2 Å². The van der Waals surface area contributed by atoms with Gasteiger partial charge in [0.2, 0.25) is 5.91 Å². The van der Waals surface area contributed by atoms with Crippen molar-refractivity contribution in [1.29, 1.82) is 0 Å². The predicted octanol–water partition coefficient (Wildman–Crippen LogP) is 2.37. The van der Waals surface area contributed by atoms with Crippen molar-refractivity contribution >= 4 is 56.3 Å². The molecule has 2 amide bonds. The number of carbonyl (C=O) groups excluding carboxylic acids is 3. The second kappa shape index (κ2) is 10.1. The van der Waals surface area contributed by atoms with Crippen molar-refractivity contribution < 1.29 is 24.3 Å². The first-order valence-electron chi connectivity index (χ1n) is 10.3. The fourth-order valence-corrected chi connectivity index (χ4v) is 3.86. The molecule has 0 saturated heterocycles. The summed E-state index contributed by atoms with van der Waals surface area (Å²) in [5.74, 6) is -2.61. The van der Waals surface area contributed by atoms with Crippen LogP contribution < -0.4 is 11.1 Å². The van der Waals surface area contributed by atoms with E-state index in [1.807, 2.05) is 13.8 Å². The van der Waals surface area contributed by atoms with Crippen LogP contribution in [0.4, 0.5) is 5.82 Å². The van der Waals surface area contributed by atoms with E-state index >= 15 is 0 Å².